The quantitative estimate of drug-likeness (QED) is 0.780. The zero-order chi connectivity index (χ0) is 12.1. The molecule has 2 aliphatic rings. The van der Waals surface area contributed by atoms with Gasteiger partial charge in [-0.05, 0) is 52.7 Å². The van der Waals surface area contributed by atoms with Gasteiger partial charge in [-0.1, -0.05) is 12.8 Å². The first-order chi connectivity index (χ1) is 8.24. The van der Waals surface area contributed by atoms with E-state index in [1.165, 1.54) is 58.2 Å². The molecule has 0 saturated carbocycles. The predicted molar refractivity (Wildman–Crippen MR) is 73.4 cm³/mol. The summed E-state index contributed by atoms with van der Waals surface area (Å²) in [6.07, 6.45) is 8.18. The maximum Gasteiger partial charge on any atom is 0.0209 e. The first-order valence-corrected chi connectivity index (χ1v) is 7.42. The summed E-state index contributed by atoms with van der Waals surface area (Å²) >= 11 is 0. The predicted octanol–water partition coefficient (Wildman–Crippen LogP) is 1.59. The van der Waals surface area contributed by atoms with E-state index >= 15 is 0 Å². The number of hydrogen-bond donors (Lipinski definition) is 2. The fourth-order valence-corrected chi connectivity index (χ4v) is 3.27. The van der Waals surface area contributed by atoms with Crippen LogP contribution in [0.2, 0.25) is 0 Å². The summed E-state index contributed by atoms with van der Waals surface area (Å²) in [6, 6.07) is 2.13. The van der Waals surface area contributed by atoms with Crippen LogP contribution in [0.1, 0.15) is 45.4 Å². The van der Waals surface area contributed by atoms with Gasteiger partial charge in [-0.3, -0.25) is 0 Å². The number of nitrogens with zero attached hydrogens (tertiary/aromatic N) is 1. The second-order valence-electron chi connectivity index (χ2n) is 6.05. The Morgan fingerprint density at radius 2 is 2.18 bits per heavy atom. The Morgan fingerprint density at radius 1 is 1.29 bits per heavy atom. The molecule has 2 fully saturated rings. The van der Waals surface area contributed by atoms with Crippen molar-refractivity contribution in [3.8, 4) is 0 Å². The van der Waals surface area contributed by atoms with Crippen molar-refractivity contribution in [2.45, 2.75) is 63.6 Å². The molecule has 2 rings (SSSR count). The van der Waals surface area contributed by atoms with Crippen LogP contribution in [0.15, 0.2) is 0 Å². The molecule has 0 amide bonds. The molecule has 0 aromatic heterocycles. The average molecular weight is 239 g/mol. The summed E-state index contributed by atoms with van der Waals surface area (Å²) in [5.41, 5.74) is 0. The highest BCUT2D eigenvalue weighted by Gasteiger charge is 2.22. The van der Waals surface area contributed by atoms with Crippen molar-refractivity contribution in [2.75, 3.05) is 26.7 Å². The molecule has 0 aromatic carbocycles. The van der Waals surface area contributed by atoms with Gasteiger partial charge in [0.2, 0.25) is 0 Å². The van der Waals surface area contributed by atoms with E-state index in [0.717, 1.165) is 12.1 Å². The van der Waals surface area contributed by atoms with Crippen molar-refractivity contribution in [2.24, 2.45) is 0 Å². The first-order valence-electron chi connectivity index (χ1n) is 7.42. The second kappa shape index (κ2) is 6.72. The molecule has 3 heteroatoms. The molecule has 0 bridgehead atoms. The van der Waals surface area contributed by atoms with Gasteiger partial charge in [-0.15, -0.1) is 0 Å². The Morgan fingerprint density at radius 3 is 2.94 bits per heavy atom. The lowest BCUT2D eigenvalue weighted by Crippen LogP contribution is -2.42. The summed E-state index contributed by atoms with van der Waals surface area (Å²) in [7, 11) is 2.22. The van der Waals surface area contributed by atoms with Gasteiger partial charge >= 0.3 is 0 Å². The highest BCUT2D eigenvalue weighted by molar-refractivity contribution is 4.83. The molecule has 2 aliphatic heterocycles. The number of likely N-dealkylation sites (N-methyl/N-ethyl adjacent to an activating group) is 1. The van der Waals surface area contributed by atoms with Crippen molar-refractivity contribution >= 4 is 0 Å². The van der Waals surface area contributed by atoms with Crippen LogP contribution in [0.4, 0.5) is 0 Å². The minimum absolute atomic E-state index is 0.655. The Labute approximate surface area is 106 Å². The van der Waals surface area contributed by atoms with Gasteiger partial charge in [0.25, 0.3) is 0 Å². The molecule has 0 spiro atoms. The smallest absolute Gasteiger partial charge is 0.0209 e. The maximum absolute atomic E-state index is 3.80. The van der Waals surface area contributed by atoms with Crippen LogP contribution >= 0.6 is 0 Å². The van der Waals surface area contributed by atoms with Gasteiger partial charge in [0.1, 0.15) is 0 Å². The van der Waals surface area contributed by atoms with Gasteiger partial charge in [0.15, 0.2) is 0 Å². The summed E-state index contributed by atoms with van der Waals surface area (Å²) in [5, 5.41) is 7.49. The Balaban J connectivity index is 1.67. The fourth-order valence-electron chi connectivity index (χ4n) is 3.27. The van der Waals surface area contributed by atoms with E-state index in [1.807, 2.05) is 0 Å². The molecular formula is C14H29N3. The number of nitrogens with one attached hydrogen (secondary N) is 2. The maximum atomic E-state index is 3.80. The molecule has 2 saturated heterocycles. The first kappa shape index (κ1) is 13.3. The van der Waals surface area contributed by atoms with E-state index in [9.17, 15) is 0 Å². The number of hydrogen-bond acceptors (Lipinski definition) is 3. The molecule has 0 aromatic rings. The third kappa shape index (κ3) is 4.57. The molecule has 17 heavy (non-hydrogen) atoms. The van der Waals surface area contributed by atoms with Gasteiger partial charge in [0.05, 0.1) is 0 Å². The fraction of sp³-hybridized carbons (Fsp3) is 1.00. The zero-order valence-electron chi connectivity index (χ0n) is 11.5. The third-order valence-electron chi connectivity index (χ3n) is 4.21. The Bertz CT molecular complexity index is 212. The zero-order valence-corrected chi connectivity index (χ0v) is 11.5. The minimum atomic E-state index is 0.655. The molecule has 0 aliphatic carbocycles. The summed E-state index contributed by atoms with van der Waals surface area (Å²) < 4.78 is 0. The minimum Gasteiger partial charge on any atom is -0.314 e. The van der Waals surface area contributed by atoms with E-state index in [4.69, 9.17) is 0 Å². The monoisotopic (exact) mass is 239 g/mol. The van der Waals surface area contributed by atoms with Gasteiger partial charge < -0.3 is 15.5 Å². The van der Waals surface area contributed by atoms with Gasteiger partial charge in [-0.25, -0.2) is 0 Å². The molecule has 0 radical (unpaired) electrons. The Hall–Kier alpha value is -0.120. The van der Waals surface area contributed by atoms with Crippen LogP contribution in [0.25, 0.3) is 0 Å². The van der Waals surface area contributed by atoms with E-state index in [1.54, 1.807) is 0 Å². The largest absolute Gasteiger partial charge is 0.314 e. The van der Waals surface area contributed by atoms with Gasteiger partial charge in [-0.2, -0.15) is 0 Å². The van der Waals surface area contributed by atoms with Crippen LogP contribution < -0.4 is 10.6 Å². The number of likely N-dealkylation sites (tertiary alicyclic amines) is 1. The highest BCUT2D eigenvalue weighted by atomic mass is 15.2. The highest BCUT2D eigenvalue weighted by Crippen LogP contribution is 2.14. The van der Waals surface area contributed by atoms with Crippen LogP contribution in [0.5, 0.6) is 0 Å². The third-order valence-corrected chi connectivity index (χ3v) is 4.21. The second-order valence-corrected chi connectivity index (χ2v) is 6.05. The van der Waals surface area contributed by atoms with Crippen molar-refractivity contribution in [3.05, 3.63) is 0 Å². The standard InChI is InChI=1S/C14H29N3/c1-12(16-14-7-9-17(2)11-14)10-13-6-4-3-5-8-15-13/h12-16H,3-11H2,1-2H3. The summed E-state index contributed by atoms with van der Waals surface area (Å²) in [5.74, 6) is 0. The molecular weight excluding hydrogens is 210 g/mol. The molecule has 3 unspecified atom stereocenters. The van der Waals surface area contributed by atoms with Crippen LogP contribution in [-0.4, -0.2) is 49.7 Å². The molecule has 100 valence electrons. The summed E-state index contributed by atoms with van der Waals surface area (Å²) in [6.45, 7) is 6.06. The lowest BCUT2D eigenvalue weighted by molar-refractivity contribution is 0.354. The van der Waals surface area contributed by atoms with Crippen molar-refractivity contribution in [3.63, 3.8) is 0 Å². The van der Waals surface area contributed by atoms with Crippen molar-refractivity contribution in [1.29, 1.82) is 0 Å². The van der Waals surface area contributed by atoms with E-state index < -0.39 is 0 Å². The van der Waals surface area contributed by atoms with Crippen LogP contribution in [-0.2, 0) is 0 Å². The molecule has 3 atom stereocenters. The summed E-state index contributed by atoms with van der Waals surface area (Å²) in [4.78, 5) is 2.42. The molecule has 3 nitrogen and oxygen atoms in total. The van der Waals surface area contributed by atoms with E-state index in [-0.39, 0.29) is 0 Å². The van der Waals surface area contributed by atoms with Crippen LogP contribution in [0, 0.1) is 0 Å². The topological polar surface area (TPSA) is 27.3 Å². The SMILES string of the molecule is CC(CC1CCCCCN1)NC1CCN(C)C1. The number of rotatable bonds is 4. The lowest BCUT2D eigenvalue weighted by atomic mass is 10.0. The molecule has 2 heterocycles. The van der Waals surface area contributed by atoms with Crippen molar-refractivity contribution in [1.82, 2.24) is 15.5 Å². The van der Waals surface area contributed by atoms with Gasteiger partial charge in [0, 0.05) is 24.7 Å². The lowest BCUT2D eigenvalue weighted by Gasteiger charge is -2.24. The van der Waals surface area contributed by atoms with E-state index in [2.05, 4.69) is 29.5 Å². The molecule has 2 N–H and O–H groups in total. The normalized spacial score (nSPS) is 33.5. The average Bonchev–Trinajstić information content (AvgIpc) is 2.53. The Kier molecular flexibility index (Phi) is 5.26. The van der Waals surface area contributed by atoms with E-state index in [0.29, 0.717) is 6.04 Å². The van der Waals surface area contributed by atoms with Crippen LogP contribution in [0.3, 0.4) is 0 Å². The van der Waals surface area contributed by atoms with Crippen molar-refractivity contribution < 1.29 is 0 Å².